The van der Waals surface area contributed by atoms with Gasteiger partial charge in [0.15, 0.2) is 0 Å². The van der Waals surface area contributed by atoms with Gasteiger partial charge in [-0.25, -0.2) is 12.8 Å². The molecular weight excluding hydrogens is 523 g/mol. The van der Waals surface area contributed by atoms with Crippen LogP contribution in [-0.2, 0) is 32.5 Å². The first-order chi connectivity index (χ1) is 18.8. The number of hydrogen-bond donors (Lipinski definition) is 2. The van der Waals surface area contributed by atoms with Crippen LogP contribution < -0.4 is 9.46 Å². The standard InChI is InChI=1S/C29H29FN2O6S/c30-20-5-8-23(9-6-20)39(35,36)31-21-7-10-26-24(13-21)25-14-22(37-27(17-33)29(25)38-26)15-28(34)32-12-11-18-3-1-2-4-19(18)16-32/h1-10,13,22,25,27,29,31,33H,11-12,14-17H2/t22-,25-,27+,29+/m0/s1. The molecule has 6 rings (SSSR count). The van der Waals surface area contributed by atoms with E-state index in [1.54, 1.807) is 18.2 Å². The first kappa shape index (κ1) is 25.8. The van der Waals surface area contributed by atoms with Gasteiger partial charge >= 0.3 is 0 Å². The lowest BCUT2D eigenvalue weighted by atomic mass is 9.84. The Morgan fingerprint density at radius 1 is 1.08 bits per heavy atom. The highest BCUT2D eigenvalue weighted by Gasteiger charge is 2.46. The van der Waals surface area contributed by atoms with Crippen molar-refractivity contribution in [2.75, 3.05) is 17.9 Å². The number of nitrogens with one attached hydrogen (secondary N) is 1. The molecule has 3 heterocycles. The van der Waals surface area contributed by atoms with E-state index in [0.717, 1.165) is 29.7 Å². The Kier molecular flexibility index (Phi) is 6.78. The SMILES string of the molecule is O=C(C[C@@H]1C[C@H]2c3cc(NS(=O)(=O)c4ccc(F)cc4)ccc3O[C@H]2[C@@H](CO)O1)N1CCc2ccccc2C1. The number of benzene rings is 3. The van der Waals surface area contributed by atoms with Gasteiger partial charge in [0.1, 0.15) is 23.8 Å². The molecule has 3 aliphatic rings. The van der Waals surface area contributed by atoms with E-state index in [9.17, 15) is 22.7 Å². The fraction of sp³-hybridized carbons (Fsp3) is 0.345. The Labute approximate surface area is 226 Å². The molecule has 8 nitrogen and oxygen atoms in total. The number of aliphatic hydroxyl groups is 1. The number of aliphatic hydroxyl groups excluding tert-OH is 1. The molecule has 0 aliphatic carbocycles. The second kappa shape index (κ2) is 10.3. The van der Waals surface area contributed by atoms with E-state index >= 15 is 0 Å². The molecule has 1 fully saturated rings. The number of nitrogens with zero attached hydrogens (tertiary/aromatic N) is 1. The fourth-order valence-corrected chi connectivity index (χ4v) is 6.86. The lowest BCUT2D eigenvalue weighted by molar-refractivity contribution is -0.149. The summed E-state index contributed by atoms with van der Waals surface area (Å²) in [6.07, 6.45) is 0.0294. The van der Waals surface area contributed by atoms with Crippen molar-refractivity contribution in [2.24, 2.45) is 0 Å². The molecule has 0 radical (unpaired) electrons. The van der Waals surface area contributed by atoms with Gasteiger partial charge in [-0.2, -0.15) is 0 Å². The van der Waals surface area contributed by atoms with E-state index in [0.29, 0.717) is 30.9 Å². The summed E-state index contributed by atoms with van der Waals surface area (Å²) in [5, 5.41) is 10.1. The average molecular weight is 553 g/mol. The number of sulfonamides is 1. The molecule has 0 saturated carbocycles. The monoisotopic (exact) mass is 552 g/mol. The summed E-state index contributed by atoms with van der Waals surface area (Å²) in [4.78, 5) is 15.0. The Hall–Kier alpha value is -3.47. The van der Waals surface area contributed by atoms with Crippen LogP contribution in [0.2, 0.25) is 0 Å². The van der Waals surface area contributed by atoms with Gasteiger partial charge in [-0.1, -0.05) is 24.3 Å². The van der Waals surface area contributed by atoms with E-state index in [2.05, 4.69) is 10.8 Å². The molecule has 2 N–H and O–H groups in total. The van der Waals surface area contributed by atoms with E-state index in [-0.39, 0.29) is 29.7 Å². The average Bonchev–Trinajstić information content (AvgIpc) is 3.30. The molecule has 1 amide bonds. The maximum absolute atomic E-state index is 13.3. The Morgan fingerprint density at radius 2 is 1.85 bits per heavy atom. The van der Waals surface area contributed by atoms with Crippen LogP contribution in [0.15, 0.2) is 71.6 Å². The third-order valence-corrected chi connectivity index (χ3v) is 9.16. The van der Waals surface area contributed by atoms with E-state index in [1.807, 2.05) is 23.1 Å². The predicted octanol–water partition coefficient (Wildman–Crippen LogP) is 3.60. The quantitative estimate of drug-likeness (QED) is 0.484. The zero-order valence-corrected chi connectivity index (χ0v) is 21.9. The molecule has 4 atom stereocenters. The van der Waals surface area contributed by atoms with Gasteiger partial charge in [0.05, 0.1) is 24.0 Å². The smallest absolute Gasteiger partial charge is 0.261 e. The predicted molar refractivity (Wildman–Crippen MR) is 141 cm³/mol. The fourth-order valence-electron chi connectivity index (χ4n) is 5.81. The van der Waals surface area contributed by atoms with Crippen LogP contribution in [0.4, 0.5) is 10.1 Å². The molecule has 1 saturated heterocycles. The van der Waals surface area contributed by atoms with Gasteiger partial charge in [0.2, 0.25) is 5.91 Å². The van der Waals surface area contributed by atoms with Gasteiger partial charge in [0.25, 0.3) is 10.0 Å². The number of ether oxygens (including phenoxy) is 2. The van der Waals surface area contributed by atoms with Gasteiger partial charge in [-0.15, -0.1) is 0 Å². The number of fused-ring (bicyclic) bond motifs is 4. The molecule has 3 aliphatic heterocycles. The number of carbonyl (C=O) groups is 1. The van der Waals surface area contributed by atoms with Gasteiger partial charge in [-0.05, 0) is 66.4 Å². The van der Waals surface area contributed by atoms with E-state index in [1.165, 1.54) is 17.7 Å². The summed E-state index contributed by atoms with van der Waals surface area (Å²) in [7, 11) is -3.92. The van der Waals surface area contributed by atoms with Crippen molar-refractivity contribution in [1.82, 2.24) is 4.90 Å². The summed E-state index contributed by atoms with van der Waals surface area (Å²) in [5.74, 6) is -0.104. The van der Waals surface area contributed by atoms with Crippen LogP contribution in [0.3, 0.4) is 0 Å². The number of halogens is 1. The van der Waals surface area contributed by atoms with Crippen molar-refractivity contribution in [2.45, 2.75) is 54.9 Å². The largest absolute Gasteiger partial charge is 0.487 e. The molecule has 0 aromatic heterocycles. The lowest BCUT2D eigenvalue weighted by Crippen LogP contribution is -2.48. The van der Waals surface area contributed by atoms with Crippen LogP contribution in [0.5, 0.6) is 5.75 Å². The highest BCUT2D eigenvalue weighted by Crippen LogP contribution is 2.47. The van der Waals surface area contributed by atoms with Crippen LogP contribution in [0.1, 0.15) is 35.4 Å². The number of carbonyl (C=O) groups excluding carboxylic acids is 1. The Balaban J connectivity index is 1.18. The number of amides is 1. The van der Waals surface area contributed by atoms with Crippen molar-refractivity contribution in [3.63, 3.8) is 0 Å². The number of hydrogen-bond acceptors (Lipinski definition) is 6. The minimum Gasteiger partial charge on any atom is -0.487 e. The van der Waals surface area contributed by atoms with Crippen LogP contribution >= 0.6 is 0 Å². The van der Waals surface area contributed by atoms with E-state index in [4.69, 9.17) is 9.47 Å². The minimum atomic E-state index is -3.92. The van der Waals surface area contributed by atoms with Crippen molar-refractivity contribution < 1.29 is 32.2 Å². The van der Waals surface area contributed by atoms with Crippen LogP contribution in [0, 0.1) is 5.82 Å². The highest BCUT2D eigenvalue weighted by molar-refractivity contribution is 7.92. The second-order valence-corrected chi connectivity index (χ2v) is 11.9. The van der Waals surface area contributed by atoms with Crippen LogP contribution in [-0.4, -0.2) is 55.8 Å². The number of rotatable bonds is 6. The molecular formula is C29H29FN2O6S. The molecule has 10 heteroatoms. The zero-order chi connectivity index (χ0) is 27.1. The lowest BCUT2D eigenvalue weighted by Gasteiger charge is -2.38. The Morgan fingerprint density at radius 3 is 2.62 bits per heavy atom. The summed E-state index contributed by atoms with van der Waals surface area (Å²) in [5.41, 5.74) is 3.56. The Bertz CT molecular complexity index is 1500. The summed E-state index contributed by atoms with van der Waals surface area (Å²) in [6, 6.07) is 17.7. The molecule has 0 bridgehead atoms. The highest BCUT2D eigenvalue weighted by atomic mass is 32.2. The summed E-state index contributed by atoms with van der Waals surface area (Å²) >= 11 is 0. The summed E-state index contributed by atoms with van der Waals surface area (Å²) in [6.45, 7) is 0.962. The molecule has 0 spiro atoms. The van der Waals surface area contributed by atoms with E-state index < -0.39 is 34.2 Å². The molecule has 0 unspecified atom stereocenters. The van der Waals surface area contributed by atoms with Crippen molar-refractivity contribution in [3.05, 3.63) is 89.2 Å². The topological polar surface area (TPSA) is 105 Å². The first-order valence-electron chi connectivity index (χ1n) is 13.0. The first-order valence-corrected chi connectivity index (χ1v) is 14.5. The van der Waals surface area contributed by atoms with Gasteiger partial charge in [-0.3, -0.25) is 9.52 Å². The van der Waals surface area contributed by atoms with Gasteiger partial charge in [0, 0.05) is 30.3 Å². The third kappa shape index (κ3) is 5.11. The zero-order valence-electron chi connectivity index (χ0n) is 21.1. The van der Waals surface area contributed by atoms with Gasteiger partial charge < -0.3 is 19.5 Å². The third-order valence-electron chi connectivity index (χ3n) is 7.76. The van der Waals surface area contributed by atoms with Crippen molar-refractivity contribution in [1.29, 1.82) is 0 Å². The van der Waals surface area contributed by atoms with Crippen molar-refractivity contribution >= 4 is 21.6 Å². The normalized spacial score (nSPS) is 23.8. The van der Waals surface area contributed by atoms with Crippen molar-refractivity contribution in [3.8, 4) is 5.75 Å². The maximum Gasteiger partial charge on any atom is 0.261 e. The molecule has 3 aromatic carbocycles. The number of anilines is 1. The van der Waals surface area contributed by atoms with Crippen LogP contribution in [0.25, 0.3) is 0 Å². The molecule has 39 heavy (non-hydrogen) atoms. The molecule has 3 aromatic rings. The minimum absolute atomic E-state index is 0.00425. The maximum atomic E-state index is 13.3. The summed E-state index contributed by atoms with van der Waals surface area (Å²) < 4.78 is 53.7. The second-order valence-electron chi connectivity index (χ2n) is 10.3. The molecule has 204 valence electrons.